The van der Waals surface area contributed by atoms with Gasteiger partial charge in [-0.15, -0.1) is 0 Å². The molecule has 0 aliphatic rings. The smallest absolute Gasteiger partial charge is 0.273 e. The fourth-order valence-corrected chi connectivity index (χ4v) is 3.75. The predicted molar refractivity (Wildman–Crippen MR) is 111 cm³/mol. The highest BCUT2D eigenvalue weighted by molar-refractivity contribution is 7.99. The standard InChI is InChI=1S/C20H19N3O5S/c1-13-7-8-14(11-17(13)23(26)27)18(24)12-29-20-21-16-6-4-3-5-15(16)19(25)22(20)9-10-28-2/h3-8,11H,9-10,12H2,1-2H3. The molecule has 0 aliphatic heterocycles. The van der Waals surface area contributed by atoms with Gasteiger partial charge in [-0.2, -0.15) is 0 Å². The first-order chi connectivity index (χ1) is 13.9. The number of hydrogen-bond donors (Lipinski definition) is 0. The number of ether oxygens (including phenoxy) is 1. The van der Waals surface area contributed by atoms with E-state index in [0.717, 1.165) is 11.8 Å². The second kappa shape index (κ2) is 8.97. The summed E-state index contributed by atoms with van der Waals surface area (Å²) in [6.45, 7) is 2.25. The molecule has 0 unspecified atom stereocenters. The molecular formula is C20H19N3O5S. The number of carbonyl (C=O) groups excluding carboxylic acids is 1. The van der Waals surface area contributed by atoms with E-state index in [4.69, 9.17) is 4.74 Å². The Kier molecular flexibility index (Phi) is 6.40. The van der Waals surface area contributed by atoms with Crippen molar-refractivity contribution in [2.45, 2.75) is 18.6 Å². The zero-order chi connectivity index (χ0) is 21.0. The summed E-state index contributed by atoms with van der Waals surface area (Å²) in [7, 11) is 1.54. The molecule has 150 valence electrons. The van der Waals surface area contributed by atoms with Crippen molar-refractivity contribution in [3.05, 3.63) is 74.1 Å². The fourth-order valence-electron chi connectivity index (χ4n) is 2.83. The lowest BCUT2D eigenvalue weighted by Gasteiger charge is -2.12. The van der Waals surface area contributed by atoms with Crippen molar-refractivity contribution in [2.24, 2.45) is 0 Å². The molecule has 0 bridgehead atoms. The van der Waals surface area contributed by atoms with Crippen LogP contribution in [-0.2, 0) is 11.3 Å². The average Bonchev–Trinajstić information content (AvgIpc) is 2.71. The zero-order valence-electron chi connectivity index (χ0n) is 16.0. The van der Waals surface area contributed by atoms with Gasteiger partial charge in [-0.25, -0.2) is 4.98 Å². The molecule has 0 fully saturated rings. The molecule has 0 atom stereocenters. The van der Waals surface area contributed by atoms with Crippen molar-refractivity contribution in [1.29, 1.82) is 0 Å². The third kappa shape index (κ3) is 4.52. The van der Waals surface area contributed by atoms with Crippen molar-refractivity contribution in [3.63, 3.8) is 0 Å². The molecule has 0 saturated carbocycles. The molecule has 1 heterocycles. The number of carbonyl (C=O) groups is 1. The second-order valence-electron chi connectivity index (χ2n) is 6.33. The number of ketones is 1. The van der Waals surface area contributed by atoms with Crippen molar-refractivity contribution in [3.8, 4) is 0 Å². The number of thioether (sulfide) groups is 1. The van der Waals surface area contributed by atoms with Crippen LogP contribution in [0.1, 0.15) is 15.9 Å². The number of rotatable bonds is 8. The molecule has 0 aliphatic carbocycles. The number of methoxy groups -OCH3 is 1. The summed E-state index contributed by atoms with van der Waals surface area (Å²) in [6.07, 6.45) is 0. The van der Waals surface area contributed by atoms with Gasteiger partial charge in [-0.1, -0.05) is 36.0 Å². The third-order valence-electron chi connectivity index (χ3n) is 4.41. The SMILES string of the molecule is COCCn1c(SCC(=O)c2ccc(C)c([N+](=O)[O-])c2)nc2ccccc2c1=O. The summed E-state index contributed by atoms with van der Waals surface area (Å²) >= 11 is 1.12. The van der Waals surface area contributed by atoms with Crippen LogP contribution in [0.4, 0.5) is 5.69 Å². The first-order valence-electron chi connectivity index (χ1n) is 8.82. The molecule has 3 rings (SSSR count). The topological polar surface area (TPSA) is 104 Å². The number of aromatic nitrogens is 2. The number of nitro groups is 1. The fraction of sp³-hybridized carbons (Fsp3) is 0.250. The average molecular weight is 413 g/mol. The lowest BCUT2D eigenvalue weighted by atomic mass is 10.1. The number of hydrogen-bond acceptors (Lipinski definition) is 7. The van der Waals surface area contributed by atoms with E-state index in [1.165, 1.54) is 10.6 Å². The summed E-state index contributed by atoms with van der Waals surface area (Å²) in [4.78, 5) is 40.5. The molecular weight excluding hydrogens is 394 g/mol. The Labute approximate surface area is 170 Å². The molecule has 0 saturated heterocycles. The third-order valence-corrected chi connectivity index (χ3v) is 5.38. The molecule has 8 nitrogen and oxygen atoms in total. The quantitative estimate of drug-likeness (QED) is 0.184. The van der Waals surface area contributed by atoms with Crippen molar-refractivity contribution < 1.29 is 14.5 Å². The predicted octanol–water partition coefficient (Wildman–Crippen LogP) is 3.23. The van der Waals surface area contributed by atoms with Gasteiger partial charge in [0.25, 0.3) is 11.2 Å². The lowest BCUT2D eigenvalue weighted by Crippen LogP contribution is -2.25. The Balaban J connectivity index is 1.89. The van der Waals surface area contributed by atoms with Gasteiger partial charge < -0.3 is 4.74 Å². The van der Waals surface area contributed by atoms with Gasteiger partial charge in [0.05, 0.1) is 34.7 Å². The van der Waals surface area contributed by atoms with Crippen molar-refractivity contribution in [2.75, 3.05) is 19.5 Å². The van der Waals surface area contributed by atoms with Crippen LogP contribution >= 0.6 is 11.8 Å². The van der Waals surface area contributed by atoms with Crippen molar-refractivity contribution >= 4 is 34.1 Å². The summed E-state index contributed by atoms with van der Waals surface area (Å²) in [6, 6.07) is 11.4. The Bertz CT molecular complexity index is 1140. The van der Waals surface area contributed by atoms with Gasteiger partial charge >= 0.3 is 0 Å². The zero-order valence-corrected chi connectivity index (χ0v) is 16.8. The maximum atomic E-state index is 12.8. The van der Waals surface area contributed by atoms with E-state index >= 15 is 0 Å². The van der Waals surface area contributed by atoms with Crippen LogP contribution in [-0.4, -0.2) is 39.7 Å². The molecule has 29 heavy (non-hydrogen) atoms. The van der Waals surface area contributed by atoms with E-state index < -0.39 is 4.92 Å². The number of nitro benzene ring substituents is 1. The van der Waals surface area contributed by atoms with Crippen LogP contribution in [0.2, 0.25) is 0 Å². The Morgan fingerprint density at radius 3 is 2.76 bits per heavy atom. The molecule has 2 aromatic carbocycles. The van der Waals surface area contributed by atoms with E-state index in [1.54, 1.807) is 50.4 Å². The van der Waals surface area contributed by atoms with Crippen LogP contribution in [0, 0.1) is 17.0 Å². The second-order valence-corrected chi connectivity index (χ2v) is 7.27. The van der Waals surface area contributed by atoms with Gasteiger partial charge in [0, 0.05) is 24.3 Å². The lowest BCUT2D eigenvalue weighted by molar-refractivity contribution is -0.385. The minimum absolute atomic E-state index is 0.00201. The molecule has 3 aromatic rings. The number of fused-ring (bicyclic) bond motifs is 1. The molecule has 1 aromatic heterocycles. The number of para-hydroxylation sites is 1. The Morgan fingerprint density at radius 1 is 1.28 bits per heavy atom. The van der Waals surface area contributed by atoms with Gasteiger partial charge in [0.2, 0.25) is 0 Å². The first-order valence-corrected chi connectivity index (χ1v) is 9.80. The highest BCUT2D eigenvalue weighted by Crippen LogP contribution is 2.23. The first kappa shape index (κ1) is 20.7. The van der Waals surface area contributed by atoms with Crippen LogP contribution in [0.3, 0.4) is 0 Å². The maximum absolute atomic E-state index is 12.8. The van der Waals surface area contributed by atoms with E-state index in [1.807, 2.05) is 0 Å². The number of Topliss-reactive ketones (excluding diaryl/α,β-unsaturated/α-hetero) is 1. The summed E-state index contributed by atoms with van der Waals surface area (Å²) in [5.41, 5.74) is 0.993. The van der Waals surface area contributed by atoms with E-state index in [9.17, 15) is 19.7 Å². The maximum Gasteiger partial charge on any atom is 0.273 e. The molecule has 0 radical (unpaired) electrons. The van der Waals surface area contributed by atoms with E-state index in [0.29, 0.717) is 34.8 Å². The van der Waals surface area contributed by atoms with Gasteiger partial charge in [-0.05, 0) is 19.1 Å². The molecule has 0 N–H and O–H groups in total. The van der Waals surface area contributed by atoms with Gasteiger partial charge in [-0.3, -0.25) is 24.3 Å². The van der Waals surface area contributed by atoms with Crippen molar-refractivity contribution in [1.82, 2.24) is 9.55 Å². The molecule has 9 heteroatoms. The Hall–Kier alpha value is -3.04. The summed E-state index contributed by atoms with van der Waals surface area (Å²) in [5.74, 6) is -0.281. The van der Waals surface area contributed by atoms with Crippen LogP contribution in [0.15, 0.2) is 52.4 Å². The molecule has 0 amide bonds. The summed E-state index contributed by atoms with van der Waals surface area (Å²) < 4.78 is 6.57. The molecule has 0 spiro atoms. The largest absolute Gasteiger partial charge is 0.383 e. The van der Waals surface area contributed by atoms with Crippen LogP contribution in [0.5, 0.6) is 0 Å². The normalized spacial score (nSPS) is 11.0. The van der Waals surface area contributed by atoms with E-state index in [-0.39, 0.29) is 28.3 Å². The van der Waals surface area contributed by atoms with E-state index in [2.05, 4.69) is 4.98 Å². The van der Waals surface area contributed by atoms with Crippen LogP contribution in [0.25, 0.3) is 10.9 Å². The minimum atomic E-state index is -0.507. The minimum Gasteiger partial charge on any atom is -0.383 e. The number of aryl methyl sites for hydroxylation is 1. The van der Waals surface area contributed by atoms with Crippen LogP contribution < -0.4 is 5.56 Å². The van der Waals surface area contributed by atoms with Gasteiger partial charge in [0.1, 0.15) is 0 Å². The highest BCUT2D eigenvalue weighted by Gasteiger charge is 2.17. The number of nitrogens with zero attached hydrogens (tertiary/aromatic N) is 3. The van der Waals surface area contributed by atoms with Gasteiger partial charge in [0.15, 0.2) is 10.9 Å². The number of benzene rings is 2. The highest BCUT2D eigenvalue weighted by atomic mass is 32.2. The Morgan fingerprint density at radius 2 is 2.03 bits per heavy atom. The summed E-state index contributed by atoms with van der Waals surface area (Å²) in [5, 5.41) is 12.0. The monoisotopic (exact) mass is 413 g/mol.